The number of amides is 4. The first-order valence-electron chi connectivity index (χ1n) is 4.24. The molecule has 0 heterocycles. The largest absolute Gasteiger partial charge is 0.448 e. The van der Waals surface area contributed by atoms with Gasteiger partial charge in [0.2, 0.25) is 0 Å². The van der Waals surface area contributed by atoms with Gasteiger partial charge in [0.1, 0.15) is 0 Å². The molecule has 0 saturated carbocycles. The third-order valence-electron chi connectivity index (χ3n) is 1.19. The van der Waals surface area contributed by atoms with E-state index in [1.54, 1.807) is 0 Å². The number of rotatable bonds is 2. The number of nitrogens with zero attached hydrogens (tertiary/aromatic N) is 2. The number of hydrogen-bond acceptors (Lipinski definition) is 5. The lowest BCUT2D eigenvalue weighted by Gasteiger charge is -2.16. The summed E-state index contributed by atoms with van der Waals surface area (Å²) in [5.41, 5.74) is 0. The number of hydrogen-bond donors (Lipinski definition) is 0. The van der Waals surface area contributed by atoms with Crippen LogP contribution in [0.5, 0.6) is 0 Å². The van der Waals surface area contributed by atoms with Gasteiger partial charge >= 0.3 is 18.2 Å². The highest BCUT2D eigenvalue weighted by Crippen LogP contribution is 2.09. The predicted molar refractivity (Wildman–Crippen MR) is 54.8 cm³/mol. The molecule has 0 aromatic rings. The smallest absolute Gasteiger partial charge is 0.433 e. The van der Waals surface area contributed by atoms with Crippen molar-refractivity contribution in [3.05, 3.63) is 0 Å². The second-order valence-electron chi connectivity index (χ2n) is 2.24. The summed E-state index contributed by atoms with van der Waals surface area (Å²) in [6, 6.07) is -1.28. The number of urea groups is 1. The van der Waals surface area contributed by atoms with Crippen LogP contribution in [-0.4, -0.2) is 40.3 Å². The van der Waals surface area contributed by atoms with Gasteiger partial charge in [-0.05, 0) is 13.8 Å². The number of halogens is 2. The van der Waals surface area contributed by atoms with Crippen LogP contribution in [0.2, 0.25) is 0 Å². The van der Waals surface area contributed by atoms with Gasteiger partial charge in [0, 0.05) is 23.6 Å². The van der Waals surface area contributed by atoms with Gasteiger partial charge in [-0.15, -0.1) is 8.84 Å². The Balaban J connectivity index is 4.42. The zero-order chi connectivity index (χ0) is 12.7. The Morgan fingerprint density at radius 2 is 1.25 bits per heavy atom. The van der Waals surface area contributed by atoms with E-state index in [9.17, 15) is 14.4 Å². The molecule has 7 nitrogen and oxygen atoms in total. The van der Waals surface area contributed by atoms with Crippen LogP contribution >= 0.6 is 23.6 Å². The SMILES string of the molecule is CCOC(=O)N(Cl)C(=O)N(Cl)C(=O)OCC. The van der Waals surface area contributed by atoms with Gasteiger partial charge in [-0.2, -0.15) is 0 Å². The lowest BCUT2D eigenvalue weighted by atomic mass is 10.8. The van der Waals surface area contributed by atoms with E-state index in [4.69, 9.17) is 23.6 Å². The first-order chi connectivity index (χ1) is 7.45. The van der Waals surface area contributed by atoms with E-state index < -0.39 is 18.2 Å². The molecule has 0 bridgehead atoms. The topological polar surface area (TPSA) is 76.2 Å². The summed E-state index contributed by atoms with van der Waals surface area (Å²) >= 11 is 10.5. The van der Waals surface area contributed by atoms with E-state index in [0.717, 1.165) is 0 Å². The normalized spacial score (nSPS) is 9.25. The average Bonchev–Trinajstić information content (AvgIpc) is 2.26. The van der Waals surface area contributed by atoms with Crippen LogP contribution in [0.3, 0.4) is 0 Å². The maximum absolute atomic E-state index is 11.3. The van der Waals surface area contributed by atoms with Crippen LogP contribution < -0.4 is 0 Å². The summed E-state index contributed by atoms with van der Waals surface area (Å²) in [7, 11) is 0. The molecule has 0 aliphatic carbocycles. The van der Waals surface area contributed by atoms with Crippen molar-refractivity contribution in [3.8, 4) is 0 Å². The fraction of sp³-hybridized carbons (Fsp3) is 0.571. The number of carbonyl (C=O) groups excluding carboxylic acids is 3. The van der Waals surface area contributed by atoms with Crippen LogP contribution in [0.4, 0.5) is 14.4 Å². The zero-order valence-corrected chi connectivity index (χ0v) is 10.1. The Labute approximate surface area is 102 Å². The molecule has 0 fully saturated rings. The van der Waals surface area contributed by atoms with Gasteiger partial charge in [-0.3, -0.25) is 0 Å². The van der Waals surface area contributed by atoms with Crippen LogP contribution in [-0.2, 0) is 9.47 Å². The lowest BCUT2D eigenvalue weighted by Crippen LogP contribution is -2.39. The second-order valence-corrected chi connectivity index (χ2v) is 2.92. The van der Waals surface area contributed by atoms with Crippen LogP contribution in [0.15, 0.2) is 0 Å². The molecule has 0 aromatic heterocycles. The molecule has 0 aliphatic heterocycles. The van der Waals surface area contributed by atoms with Crippen LogP contribution in [0.25, 0.3) is 0 Å². The van der Waals surface area contributed by atoms with Gasteiger partial charge in [-0.1, -0.05) is 0 Å². The third-order valence-corrected chi connectivity index (χ3v) is 1.76. The molecule has 0 unspecified atom stereocenters. The summed E-state index contributed by atoms with van der Waals surface area (Å²) in [5.74, 6) is 0. The zero-order valence-electron chi connectivity index (χ0n) is 8.61. The lowest BCUT2D eigenvalue weighted by molar-refractivity contribution is 0.120. The van der Waals surface area contributed by atoms with E-state index in [2.05, 4.69) is 9.47 Å². The predicted octanol–water partition coefficient (Wildman–Crippen LogP) is 2.33. The number of ether oxygens (including phenoxy) is 2. The molecular formula is C7H10Cl2N2O5. The molecule has 0 radical (unpaired) electrons. The van der Waals surface area contributed by atoms with Crippen molar-refractivity contribution in [1.82, 2.24) is 8.84 Å². The molecule has 0 spiro atoms. The summed E-state index contributed by atoms with van der Waals surface area (Å²) in [6.07, 6.45) is -2.27. The number of carbonyl (C=O) groups is 3. The third kappa shape index (κ3) is 4.11. The van der Waals surface area contributed by atoms with Crippen molar-refractivity contribution in [2.75, 3.05) is 13.2 Å². The van der Waals surface area contributed by atoms with E-state index in [0.29, 0.717) is 0 Å². The van der Waals surface area contributed by atoms with E-state index in [1.807, 2.05) is 0 Å². The molecule has 0 rings (SSSR count). The molecular weight excluding hydrogens is 263 g/mol. The van der Waals surface area contributed by atoms with Gasteiger partial charge in [0.05, 0.1) is 13.2 Å². The van der Waals surface area contributed by atoms with Crippen molar-refractivity contribution < 1.29 is 23.9 Å². The Kier molecular flexibility index (Phi) is 6.59. The molecule has 92 valence electrons. The first-order valence-corrected chi connectivity index (χ1v) is 4.92. The average molecular weight is 273 g/mol. The molecule has 0 aliphatic rings. The molecule has 0 aromatic carbocycles. The van der Waals surface area contributed by atoms with Crippen molar-refractivity contribution in [3.63, 3.8) is 0 Å². The van der Waals surface area contributed by atoms with Crippen molar-refractivity contribution in [1.29, 1.82) is 0 Å². The minimum absolute atomic E-state index is 0.0248. The molecule has 0 atom stereocenters. The summed E-state index contributed by atoms with van der Waals surface area (Å²) < 4.78 is 8.89. The quantitative estimate of drug-likeness (QED) is 0.721. The Morgan fingerprint density at radius 1 is 0.938 bits per heavy atom. The fourth-order valence-electron chi connectivity index (χ4n) is 0.594. The van der Waals surface area contributed by atoms with E-state index in [1.165, 1.54) is 13.8 Å². The summed E-state index contributed by atoms with van der Waals surface area (Å²) in [5, 5.41) is 0. The fourth-order valence-corrected chi connectivity index (χ4v) is 0.881. The van der Waals surface area contributed by atoms with Crippen LogP contribution in [0.1, 0.15) is 13.8 Å². The Hall–Kier alpha value is -1.21. The summed E-state index contributed by atoms with van der Waals surface area (Å²) in [4.78, 5) is 33.2. The summed E-state index contributed by atoms with van der Waals surface area (Å²) in [6.45, 7) is 3.10. The van der Waals surface area contributed by atoms with Crippen molar-refractivity contribution >= 4 is 41.8 Å². The number of imide groups is 2. The van der Waals surface area contributed by atoms with Gasteiger partial charge in [0.15, 0.2) is 0 Å². The minimum Gasteiger partial charge on any atom is -0.448 e. The standard InChI is InChI=1S/C7H10Cl2N2O5/c1-3-15-6(13)10(8)5(12)11(9)7(14)16-4-2/h3-4H2,1-2H3. The van der Waals surface area contributed by atoms with Crippen molar-refractivity contribution in [2.24, 2.45) is 0 Å². The van der Waals surface area contributed by atoms with Crippen molar-refractivity contribution in [2.45, 2.75) is 13.8 Å². The minimum atomic E-state index is -1.28. The highest BCUT2D eigenvalue weighted by atomic mass is 35.5. The molecule has 9 heteroatoms. The van der Waals surface area contributed by atoms with Gasteiger partial charge in [-0.25, -0.2) is 14.4 Å². The molecule has 4 amide bonds. The van der Waals surface area contributed by atoms with Gasteiger partial charge in [0.25, 0.3) is 0 Å². The Bertz CT molecular complexity index is 260. The van der Waals surface area contributed by atoms with E-state index >= 15 is 0 Å². The highest BCUT2D eigenvalue weighted by molar-refractivity contribution is 6.36. The monoisotopic (exact) mass is 272 g/mol. The first kappa shape index (κ1) is 14.8. The van der Waals surface area contributed by atoms with E-state index in [-0.39, 0.29) is 22.1 Å². The molecule has 16 heavy (non-hydrogen) atoms. The maximum atomic E-state index is 11.3. The highest BCUT2D eigenvalue weighted by Gasteiger charge is 2.30. The molecule has 0 saturated heterocycles. The maximum Gasteiger partial charge on any atom is 0.433 e. The Morgan fingerprint density at radius 3 is 1.50 bits per heavy atom. The van der Waals surface area contributed by atoms with Crippen LogP contribution in [0, 0.1) is 0 Å². The molecule has 0 N–H and O–H groups in total. The second kappa shape index (κ2) is 7.13. The van der Waals surface area contributed by atoms with Gasteiger partial charge < -0.3 is 9.47 Å².